The number of nitrogens with one attached hydrogen (secondary N) is 1. The minimum atomic E-state index is -0.355. The third kappa shape index (κ3) is 4.00. The third-order valence-electron chi connectivity index (χ3n) is 5.43. The molecule has 0 aliphatic carbocycles. The van der Waals surface area contributed by atoms with Gasteiger partial charge in [0.2, 0.25) is 11.7 Å². The molecule has 0 radical (unpaired) electrons. The predicted molar refractivity (Wildman–Crippen MR) is 132 cm³/mol. The number of anilines is 1. The van der Waals surface area contributed by atoms with E-state index in [2.05, 4.69) is 20.4 Å². The zero-order valence-electron chi connectivity index (χ0n) is 18.2. The summed E-state index contributed by atoms with van der Waals surface area (Å²) in [6, 6.07) is 14.7. The number of halogens is 1. The van der Waals surface area contributed by atoms with E-state index in [-0.39, 0.29) is 18.0 Å². The first-order chi connectivity index (χ1) is 16.4. The monoisotopic (exact) mass is 491 g/mol. The molecule has 0 spiro atoms. The normalized spacial score (nSPS) is 11.1. The Hall–Kier alpha value is -3.82. The smallest absolute Gasteiger partial charge is 0.268 e. The van der Waals surface area contributed by atoms with Crippen LogP contribution < -0.4 is 10.9 Å². The minimum absolute atomic E-state index is 0.183. The van der Waals surface area contributed by atoms with Crippen LogP contribution in [0.5, 0.6) is 0 Å². The lowest BCUT2D eigenvalue weighted by atomic mass is 10.2. The molecule has 3 aromatic heterocycles. The van der Waals surface area contributed by atoms with Crippen molar-refractivity contribution < 1.29 is 9.32 Å². The van der Waals surface area contributed by atoms with Gasteiger partial charge in [-0.1, -0.05) is 53.2 Å². The van der Waals surface area contributed by atoms with E-state index in [1.165, 1.54) is 22.2 Å². The molecule has 5 aromatic rings. The molecule has 0 atom stereocenters. The molecule has 0 saturated heterocycles. The quantitative estimate of drug-likeness (QED) is 0.367. The lowest BCUT2D eigenvalue weighted by Crippen LogP contribution is -2.28. The van der Waals surface area contributed by atoms with Crippen LogP contribution in [0.15, 0.2) is 64.2 Å². The number of rotatable bonds is 5. The van der Waals surface area contributed by atoms with Crippen molar-refractivity contribution in [3.05, 3.63) is 81.4 Å². The molecule has 34 heavy (non-hydrogen) atoms. The molecular weight excluding hydrogens is 474 g/mol. The maximum atomic E-state index is 13.2. The van der Waals surface area contributed by atoms with E-state index in [4.69, 9.17) is 16.1 Å². The molecule has 0 saturated carbocycles. The highest BCUT2D eigenvalue weighted by atomic mass is 35.5. The SMILES string of the molecule is Cc1c(Cl)cccc1NC(=O)Cn1cnc2sc(-c3nc(-c4ccccc4)no3)c(C)c2c1=O. The fourth-order valence-electron chi connectivity index (χ4n) is 3.58. The van der Waals surface area contributed by atoms with Crippen LogP contribution in [0.25, 0.3) is 32.4 Å². The molecular formula is C24H18ClN5O3S. The number of aromatic nitrogens is 4. The van der Waals surface area contributed by atoms with Gasteiger partial charge in [0.15, 0.2) is 0 Å². The highest BCUT2D eigenvalue weighted by molar-refractivity contribution is 7.22. The number of benzene rings is 2. The topological polar surface area (TPSA) is 103 Å². The molecule has 0 bridgehead atoms. The van der Waals surface area contributed by atoms with Gasteiger partial charge in [-0.15, -0.1) is 11.3 Å². The van der Waals surface area contributed by atoms with Crippen molar-refractivity contribution in [3.63, 3.8) is 0 Å². The Bertz CT molecular complexity index is 1590. The average molecular weight is 492 g/mol. The number of carbonyl (C=O) groups is 1. The van der Waals surface area contributed by atoms with Crippen LogP contribution in [0.1, 0.15) is 11.1 Å². The fraction of sp³-hybridized carbons (Fsp3) is 0.125. The van der Waals surface area contributed by atoms with Crippen molar-refractivity contribution in [2.45, 2.75) is 20.4 Å². The molecule has 10 heteroatoms. The Morgan fingerprint density at radius 2 is 1.91 bits per heavy atom. The zero-order valence-corrected chi connectivity index (χ0v) is 19.8. The first-order valence-corrected chi connectivity index (χ1v) is 11.5. The standard InChI is InChI=1S/C24H18ClN5O3S/c1-13-16(25)9-6-10-17(13)27-18(31)11-30-12-26-23-19(24(30)32)14(2)20(34-23)22-28-21(29-33-22)15-7-4-3-5-8-15/h3-10,12H,11H2,1-2H3,(H,27,31). The van der Waals surface area contributed by atoms with E-state index in [1.54, 1.807) is 18.2 Å². The van der Waals surface area contributed by atoms with Crippen LogP contribution in [0.4, 0.5) is 5.69 Å². The molecule has 0 aliphatic rings. The number of thiophene rings is 1. The van der Waals surface area contributed by atoms with Gasteiger partial charge in [0.1, 0.15) is 11.4 Å². The second-order valence-corrected chi connectivity index (χ2v) is 9.07. The number of fused-ring (bicyclic) bond motifs is 1. The van der Waals surface area contributed by atoms with Crippen LogP contribution in [-0.2, 0) is 11.3 Å². The molecule has 3 heterocycles. The molecule has 1 amide bonds. The van der Waals surface area contributed by atoms with Gasteiger partial charge in [-0.05, 0) is 37.1 Å². The maximum Gasteiger partial charge on any atom is 0.268 e. The van der Waals surface area contributed by atoms with Crippen molar-refractivity contribution >= 4 is 44.7 Å². The number of hydrogen-bond donors (Lipinski definition) is 1. The van der Waals surface area contributed by atoms with E-state index in [9.17, 15) is 9.59 Å². The van der Waals surface area contributed by atoms with Gasteiger partial charge in [0.25, 0.3) is 11.4 Å². The van der Waals surface area contributed by atoms with Gasteiger partial charge in [0, 0.05) is 16.3 Å². The number of hydrogen-bond acceptors (Lipinski definition) is 7. The summed E-state index contributed by atoms with van der Waals surface area (Å²) >= 11 is 7.42. The highest BCUT2D eigenvalue weighted by Gasteiger charge is 2.21. The molecule has 8 nitrogen and oxygen atoms in total. The van der Waals surface area contributed by atoms with Crippen LogP contribution in [-0.4, -0.2) is 25.6 Å². The lowest BCUT2D eigenvalue weighted by Gasteiger charge is -2.10. The van der Waals surface area contributed by atoms with Crippen molar-refractivity contribution in [1.82, 2.24) is 19.7 Å². The minimum Gasteiger partial charge on any atom is -0.333 e. The lowest BCUT2D eigenvalue weighted by molar-refractivity contribution is -0.116. The Morgan fingerprint density at radius 3 is 2.71 bits per heavy atom. The van der Waals surface area contributed by atoms with E-state index >= 15 is 0 Å². The fourth-order valence-corrected chi connectivity index (χ4v) is 4.82. The van der Waals surface area contributed by atoms with Crippen molar-refractivity contribution in [2.24, 2.45) is 0 Å². The second kappa shape index (κ2) is 8.85. The zero-order chi connectivity index (χ0) is 23.8. The van der Waals surface area contributed by atoms with E-state index in [0.29, 0.717) is 43.1 Å². The summed E-state index contributed by atoms with van der Waals surface area (Å²) < 4.78 is 6.76. The molecule has 2 aromatic carbocycles. The molecule has 170 valence electrons. The van der Waals surface area contributed by atoms with Gasteiger partial charge in [-0.25, -0.2) is 4.98 Å². The Morgan fingerprint density at radius 1 is 1.12 bits per heavy atom. The summed E-state index contributed by atoms with van der Waals surface area (Å²) in [6.07, 6.45) is 1.37. The summed E-state index contributed by atoms with van der Waals surface area (Å²) in [5, 5.41) is 7.83. The summed E-state index contributed by atoms with van der Waals surface area (Å²) in [5.41, 5.74) is 2.55. The Labute approximate surface area is 202 Å². The summed E-state index contributed by atoms with van der Waals surface area (Å²) in [6.45, 7) is 3.44. The largest absolute Gasteiger partial charge is 0.333 e. The van der Waals surface area contributed by atoms with Gasteiger partial charge >= 0.3 is 0 Å². The van der Waals surface area contributed by atoms with Crippen molar-refractivity contribution in [3.8, 4) is 22.2 Å². The number of aryl methyl sites for hydroxylation is 1. The van der Waals surface area contributed by atoms with Gasteiger partial charge < -0.3 is 9.84 Å². The number of amides is 1. The summed E-state index contributed by atoms with van der Waals surface area (Å²) in [7, 11) is 0. The molecule has 1 N–H and O–H groups in total. The third-order valence-corrected chi connectivity index (χ3v) is 7.02. The van der Waals surface area contributed by atoms with Gasteiger partial charge in [-0.3, -0.25) is 14.2 Å². The van der Waals surface area contributed by atoms with Crippen LogP contribution in [0, 0.1) is 13.8 Å². The van der Waals surface area contributed by atoms with Crippen molar-refractivity contribution in [1.29, 1.82) is 0 Å². The number of carbonyl (C=O) groups excluding carboxylic acids is 1. The van der Waals surface area contributed by atoms with E-state index in [1.807, 2.05) is 44.2 Å². The van der Waals surface area contributed by atoms with E-state index in [0.717, 1.165) is 11.1 Å². The van der Waals surface area contributed by atoms with Crippen LogP contribution in [0.2, 0.25) is 5.02 Å². The van der Waals surface area contributed by atoms with Crippen molar-refractivity contribution in [2.75, 3.05) is 5.32 Å². The summed E-state index contributed by atoms with van der Waals surface area (Å²) in [4.78, 5) is 35.9. The molecule has 0 fully saturated rings. The summed E-state index contributed by atoms with van der Waals surface area (Å²) in [5.74, 6) is 0.427. The van der Waals surface area contributed by atoms with Crippen LogP contribution >= 0.6 is 22.9 Å². The van der Waals surface area contributed by atoms with Crippen LogP contribution in [0.3, 0.4) is 0 Å². The Kier molecular flexibility index (Phi) is 5.72. The predicted octanol–water partition coefficient (Wildman–Crippen LogP) is 5.08. The highest BCUT2D eigenvalue weighted by Crippen LogP contribution is 2.35. The first-order valence-electron chi connectivity index (χ1n) is 10.4. The van der Waals surface area contributed by atoms with Gasteiger partial charge in [0.05, 0.1) is 16.6 Å². The van der Waals surface area contributed by atoms with E-state index < -0.39 is 0 Å². The molecule has 5 rings (SSSR count). The van der Waals surface area contributed by atoms with Gasteiger partial charge in [-0.2, -0.15) is 4.98 Å². The maximum absolute atomic E-state index is 13.2. The average Bonchev–Trinajstić information content (AvgIpc) is 3.44. The first kappa shape index (κ1) is 22.0. The number of nitrogens with zero attached hydrogens (tertiary/aromatic N) is 4. The molecule has 0 aliphatic heterocycles. The second-order valence-electron chi connectivity index (χ2n) is 7.66. The molecule has 0 unspecified atom stereocenters. The Balaban J connectivity index is 1.44.